The SMILES string of the molecule is Cc1ccc(C#N)c(=O)n1Cc1cncs1. The van der Waals surface area contributed by atoms with Crippen LogP contribution >= 0.6 is 11.3 Å². The second-order valence-corrected chi connectivity index (χ2v) is 4.33. The summed E-state index contributed by atoms with van der Waals surface area (Å²) in [6.45, 7) is 2.33. The van der Waals surface area contributed by atoms with Gasteiger partial charge >= 0.3 is 0 Å². The van der Waals surface area contributed by atoms with Crippen molar-refractivity contribution in [3.8, 4) is 6.07 Å². The van der Waals surface area contributed by atoms with Gasteiger partial charge in [-0.15, -0.1) is 11.3 Å². The van der Waals surface area contributed by atoms with Crippen LogP contribution in [0.15, 0.2) is 28.6 Å². The first-order chi connectivity index (χ1) is 7.72. The Morgan fingerprint density at radius 2 is 2.38 bits per heavy atom. The minimum Gasteiger partial charge on any atom is -0.307 e. The summed E-state index contributed by atoms with van der Waals surface area (Å²) in [5.74, 6) is 0. The number of nitrogens with zero attached hydrogens (tertiary/aromatic N) is 3. The number of pyridine rings is 1. The van der Waals surface area contributed by atoms with Gasteiger partial charge in [-0.05, 0) is 19.1 Å². The second-order valence-electron chi connectivity index (χ2n) is 3.36. The molecule has 5 heteroatoms. The van der Waals surface area contributed by atoms with Crippen LogP contribution < -0.4 is 5.56 Å². The van der Waals surface area contributed by atoms with Crippen molar-refractivity contribution in [1.29, 1.82) is 5.26 Å². The highest BCUT2D eigenvalue weighted by Crippen LogP contribution is 2.08. The molecule has 0 fully saturated rings. The molecule has 0 atom stereocenters. The van der Waals surface area contributed by atoms with Crippen LogP contribution in [0.1, 0.15) is 16.1 Å². The first kappa shape index (κ1) is 10.6. The van der Waals surface area contributed by atoms with Crippen molar-refractivity contribution in [3.63, 3.8) is 0 Å². The van der Waals surface area contributed by atoms with E-state index in [-0.39, 0.29) is 11.1 Å². The van der Waals surface area contributed by atoms with Gasteiger partial charge in [0, 0.05) is 16.8 Å². The van der Waals surface area contributed by atoms with Crippen molar-refractivity contribution in [1.82, 2.24) is 9.55 Å². The fourth-order valence-corrected chi connectivity index (χ4v) is 2.01. The Morgan fingerprint density at radius 1 is 1.56 bits per heavy atom. The molecule has 0 unspecified atom stereocenters. The van der Waals surface area contributed by atoms with E-state index in [4.69, 9.17) is 5.26 Å². The van der Waals surface area contributed by atoms with Gasteiger partial charge in [-0.1, -0.05) is 0 Å². The predicted molar refractivity (Wildman–Crippen MR) is 61.4 cm³/mol. The molecule has 2 heterocycles. The van der Waals surface area contributed by atoms with Crippen LogP contribution in [0.3, 0.4) is 0 Å². The van der Waals surface area contributed by atoms with E-state index in [0.717, 1.165) is 10.6 Å². The Hall–Kier alpha value is -1.93. The van der Waals surface area contributed by atoms with E-state index in [1.54, 1.807) is 28.4 Å². The topological polar surface area (TPSA) is 58.7 Å². The highest BCUT2D eigenvalue weighted by molar-refractivity contribution is 7.09. The molecule has 4 nitrogen and oxygen atoms in total. The minimum atomic E-state index is -0.240. The maximum Gasteiger partial charge on any atom is 0.268 e. The van der Waals surface area contributed by atoms with Gasteiger partial charge in [0.1, 0.15) is 11.6 Å². The van der Waals surface area contributed by atoms with Crippen LogP contribution in [0.2, 0.25) is 0 Å². The van der Waals surface area contributed by atoms with Gasteiger partial charge in [0.15, 0.2) is 0 Å². The molecule has 2 aromatic rings. The molecule has 0 bridgehead atoms. The molecule has 0 aliphatic heterocycles. The summed E-state index contributed by atoms with van der Waals surface area (Å²) in [4.78, 5) is 16.8. The van der Waals surface area contributed by atoms with Crippen LogP contribution in [-0.4, -0.2) is 9.55 Å². The van der Waals surface area contributed by atoms with Crippen molar-refractivity contribution in [3.05, 3.63) is 50.3 Å². The molecule has 2 rings (SSSR count). The zero-order valence-electron chi connectivity index (χ0n) is 8.67. The van der Waals surface area contributed by atoms with E-state index >= 15 is 0 Å². The lowest BCUT2D eigenvalue weighted by molar-refractivity contribution is 0.735. The summed E-state index contributed by atoms with van der Waals surface area (Å²) in [5, 5.41) is 8.79. The Kier molecular flexibility index (Phi) is 2.84. The molecule has 0 saturated carbocycles. The highest BCUT2D eigenvalue weighted by Gasteiger charge is 2.06. The Balaban J connectivity index is 2.49. The lowest BCUT2D eigenvalue weighted by atomic mass is 10.2. The quantitative estimate of drug-likeness (QED) is 0.787. The summed E-state index contributed by atoms with van der Waals surface area (Å²) in [6, 6.07) is 5.23. The third-order valence-electron chi connectivity index (χ3n) is 2.31. The molecule has 0 aliphatic carbocycles. The maximum atomic E-state index is 11.9. The van der Waals surface area contributed by atoms with E-state index in [2.05, 4.69) is 4.98 Å². The fourth-order valence-electron chi connectivity index (χ4n) is 1.43. The van der Waals surface area contributed by atoms with Crippen LogP contribution in [-0.2, 0) is 6.54 Å². The van der Waals surface area contributed by atoms with E-state index < -0.39 is 0 Å². The molecular weight excluding hydrogens is 222 g/mol. The van der Waals surface area contributed by atoms with Crippen molar-refractivity contribution in [2.24, 2.45) is 0 Å². The minimum absolute atomic E-state index is 0.176. The monoisotopic (exact) mass is 231 g/mol. The molecule has 0 saturated heterocycles. The summed E-state index contributed by atoms with van der Waals surface area (Å²) < 4.78 is 1.59. The van der Waals surface area contributed by atoms with Crippen LogP contribution in [0, 0.1) is 18.3 Å². The number of nitriles is 1. The predicted octanol–water partition coefficient (Wildman–Crippen LogP) is 1.53. The third-order valence-corrected chi connectivity index (χ3v) is 3.07. The standard InChI is InChI=1S/C11H9N3OS/c1-8-2-3-9(4-12)11(15)14(8)6-10-5-13-7-16-10/h2-3,5,7H,6H2,1H3. The van der Waals surface area contributed by atoms with Crippen LogP contribution in [0.4, 0.5) is 0 Å². The van der Waals surface area contributed by atoms with Crippen molar-refractivity contribution < 1.29 is 0 Å². The molecular formula is C11H9N3OS. The second kappa shape index (κ2) is 4.29. The van der Waals surface area contributed by atoms with E-state index in [1.807, 2.05) is 13.0 Å². The van der Waals surface area contributed by atoms with Gasteiger partial charge in [0.2, 0.25) is 0 Å². The molecule has 0 amide bonds. The molecule has 0 aromatic carbocycles. The molecule has 80 valence electrons. The molecule has 2 aromatic heterocycles. The van der Waals surface area contributed by atoms with Crippen molar-refractivity contribution in [2.45, 2.75) is 13.5 Å². The van der Waals surface area contributed by atoms with Crippen LogP contribution in [0.25, 0.3) is 0 Å². The van der Waals surface area contributed by atoms with E-state index in [0.29, 0.717) is 6.54 Å². The number of aromatic nitrogens is 2. The molecule has 0 spiro atoms. The summed E-state index contributed by atoms with van der Waals surface area (Å²) in [6.07, 6.45) is 1.73. The zero-order valence-corrected chi connectivity index (χ0v) is 9.49. The van der Waals surface area contributed by atoms with E-state index in [9.17, 15) is 4.79 Å². The normalized spacial score (nSPS) is 10.0. The number of aryl methyl sites for hydroxylation is 1. The van der Waals surface area contributed by atoms with Crippen molar-refractivity contribution >= 4 is 11.3 Å². The summed E-state index contributed by atoms with van der Waals surface area (Å²) >= 11 is 1.49. The molecule has 0 aliphatic rings. The Labute approximate surface area is 96.4 Å². The number of hydrogen-bond donors (Lipinski definition) is 0. The number of rotatable bonds is 2. The number of hydrogen-bond acceptors (Lipinski definition) is 4. The first-order valence-corrected chi connectivity index (χ1v) is 5.58. The average molecular weight is 231 g/mol. The maximum absolute atomic E-state index is 11.9. The fraction of sp³-hybridized carbons (Fsp3) is 0.182. The largest absolute Gasteiger partial charge is 0.307 e. The van der Waals surface area contributed by atoms with Gasteiger partial charge in [-0.3, -0.25) is 9.78 Å². The molecule has 0 radical (unpaired) electrons. The van der Waals surface area contributed by atoms with Crippen LogP contribution in [0.5, 0.6) is 0 Å². The molecule has 16 heavy (non-hydrogen) atoms. The zero-order chi connectivity index (χ0) is 11.5. The smallest absolute Gasteiger partial charge is 0.268 e. The summed E-state index contributed by atoms with van der Waals surface area (Å²) in [5.41, 5.74) is 2.51. The van der Waals surface area contributed by atoms with E-state index in [1.165, 1.54) is 11.3 Å². The first-order valence-electron chi connectivity index (χ1n) is 4.70. The summed E-state index contributed by atoms with van der Waals surface area (Å²) in [7, 11) is 0. The molecule has 0 N–H and O–H groups in total. The highest BCUT2D eigenvalue weighted by atomic mass is 32.1. The average Bonchev–Trinajstić information content (AvgIpc) is 2.77. The van der Waals surface area contributed by atoms with Gasteiger partial charge in [-0.2, -0.15) is 5.26 Å². The Bertz CT molecular complexity index is 593. The van der Waals surface area contributed by atoms with Gasteiger partial charge in [-0.25, -0.2) is 0 Å². The number of thiazole rings is 1. The van der Waals surface area contributed by atoms with Gasteiger partial charge in [0.25, 0.3) is 5.56 Å². The Morgan fingerprint density at radius 3 is 3.00 bits per heavy atom. The van der Waals surface area contributed by atoms with Gasteiger partial charge in [0.05, 0.1) is 12.1 Å². The lowest BCUT2D eigenvalue weighted by Crippen LogP contribution is -2.24. The van der Waals surface area contributed by atoms with Crippen molar-refractivity contribution in [2.75, 3.05) is 0 Å². The van der Waals surface area contributed by atoms with Gasteiger partial charge < -0.3 is 4.57 Å². The lowest BCUT2D eigenvalue weighted by Gasteiger charge is -2.07. The third kappa shape index (κ3) is 1.88.